The highest BCUT2D eigenvalue weighted by Gasteiger charge is 2.32. The molecule has 2 N–H and O–H groups in total. The van der Waals surface area contributed by atoms with Crippen molar-refractivity contribution in [3.05, 3.63) is 56.3 Å². The Morgan fingerprint density at radius 2 is 2.00 bits per heavy atom. The van der Waals surface area contributed by atoms with Gasteiger partial charge >= 0.3 is 5.97 Å². The van der Waals surface area contributed by atoms with Gasteiger partial charge in [-0.3, -0.25) is 0 Å². The van der Waals surface area contributed by atoms with E-state index in [0.29, 0.717) is 26.6 Å². The summed E-state index contributed by atoms with van der Waals surface area (Å²) in [5.41, 5.74) is -0.147. The summed E-state index contributed by atoms with van der Waals surface area (Å²) in [6.07, 6.45) is 4.83. The summed E-state index contributed by atoms with van der Waals surface area (Å²) in [5.74, 6) is -0.979. The van der Waals surface area contributed by atoms with Gasteiger partial charge in [-0.1, -0.05) is 0 Å². The van der Waals surface area contributed by atoms with E-state index in [1.807, 2.05) is 0 Å². The molecule has 122 valence electrons. The smallest absolute Gasteiger partial charge is 0.339 e. The fraction of sp³-hybridized carbons (Fsp3) is 0.133. The molecule has 3 rings (SSSR count). The predicted octanol–water partition coefficient (Wildman–Crippen LogP) is 2.96. The molecule has 1 aromatic rings. The molecule has 0 aliphatic carbocycles. The van der Waals surface area contributed by atoms with Crippen LogP contribution in [-0.2, 0) is 9.84 Å². The van der Waals surface area contributed by atoms with Gasteiger partial charge < -0.3 is 14.9 Å². The van der Waals surface area contributed by atoms with E-state index < -0.39 is 15.8 Å². The van der Waals surface area contributed by atoms with Gasteiger partial charge in [0.1, 0.15) is 17.1 Å². The van der Waals surface area contributed by atoms with Gasteiger partial charge in [0.25, 0.3) is 0 Å². The van der Waals surface area contributed by atoms with Crippen molar-refractivity contribution >= 4 is 31.7 Å². The molecule has 0 fully saturated rings. The van der Waals surface area contributed by atoms with Crippen LogP contribution >= 0.6 is 15.9 Å². The van der Waals surface area contributed by atoms with E-state index in [1.54, 1.807) is 25.2 Å². The highest BCUT2D eigenvalue weighted by molar-refractivity contribution is 9.12. The second kappa shape index (κ2) is 6.59. The van der Waals surface area contributed by atoms with Crippen LogP contribution in [0.5, 0.6) is 11.5 Å². The van der Waals surface area contributed by atoms with E-state index in [4.69, 9.17) is 14.9 Å². The lowest BCUT2D eigenvalue weighted by atomic mass is 10.2. The zero-order valence-corrected chi connectivity index (χ0v) is 14.4. The van der Waals surface area contributed by atoms with E-state index in [9.17, 15) is 13.2 Å². The number of allylic oxidation sites excluding steroid dienone is 4. The molecule has 2 bridgehead atoms. The highest BCUT2D eigenvalue weighted by atomic mass is 79.9. The molecule has 0 aromatic heterocycles. The van der Waals surface area contributed by atoms with Crippen molar-refractivity contribution in [3.8, 4) is 11.5 Å². The zero-order valence-electron chi connectivity index (χ0n) is 12.0. The first-order valence-electron chi connectivity index (χ1n) is 6.51. The molecular formula is C15H13BrO6S. The Morgan fingerprint density at radius 1 is 1.30 bits per heavy atom. The van der Waals surface area contributed by atoms with E-state index in [-0.39, 0.29) is 11.3 Å². The van der Waals surface area contributed by atoms with E-state index in [2.05, 4.69) is 15.9 Å². The number of aromatic hydroxyl groups is 1. The Balaban J connectivity index is 0.000000172. The SMILES string of the molecule is CCOc1ccc(O)c(C(=O)O)c1.O=S1(=O)C2=CC(Br)=C1C=C2. The third-order valence-corrected chi connectivity index (χ3v) is 5.74. The fourth-order valence-electron chi connectivity index (χ4n) is 1.94. The highest BCUT2D eigenvalue weighted by Crippen LogP contribution is 2.39. The lowest BCUT2D eigenvalue weighted by Crippen LogP contribution is -1.98. The standard InChI is InChI=1S/C9H10O4.C6H3BrO2S/c1-2-13-6-3-4-8(10)7(5-6)9(11)12;7-5-3-4-1-2-6(5)10(4,8)9/h3-5,10H,2H2,1H3,(H,11,12);1-3H. The average Bonchev–Trinajstić information content (AvgIpc) is 2.88. The number of benzene rings is 1. The third kappa shape index (κ3) is 3.48. The maximum Gasteiger partial charge on any atom is 0.339 e. The third-order valence-electron chi connectivity index (χ3n) is 3.01. The van der Waals surface area contributed by atoms with Gasteiger partial charge in [0.05, 0.1) is 16.4 Å². The summed E-state index contributed by atoms with van der Waals surface area (Å²) in [6.45, 7) is 2.26. The van der Waals surface area contributed by atoms with E-state index in [1.165, 1.54) is 18.2 Å². The number of hydrogen-bond donors (Lipinski definition) is 2. The topological polar surface area (TPSA) is 101 Å². The zero-order chi connectivity index (χ0) is 17.2. The average molecular weight is 401 g/mol. The minimum atomic E-state index is -3.06. The molecule has 0 amide bonds. The van der Waals surface area contributed by atoms with Crippen LogP contribution < -0.4 is 4.74 Å². The lowest BCUT2D eigenvalue weighted by molar-refractivity contribution is 0.0693. The molecule has 0 spiro atoms. The molecule has 6 nitrogen and oxygen atoms in total. The number of fused-ring (bicyclic) bond motifs is 2. The van der Waals surface area contributed by atoms with E-state index >= 15 is 0 Å². The maximum atomic E-state index is 11.1. The van der Waals surface area contributed by atoms with Crippen LogP contribution in [0.2, 0.25) is 0 Å². The van der Waals surface area contributed by atoms with Crippen LogP contribution in [0.15, 0.2) is 50.7 Å². The number of halogens is 1. The number of carboxylic acid groups (broad SMARTS) is 1. The summed E-state index contributed by atoms with van der Waals surface area (Å²) in [4.78, 5) is 11.4. The van der Waals surface area contributed by atoms with Crippen molar-refractivity contribution in [3.63, 3.8) is 0 Å². The first kappa shape index (κ1) is 17.3. The second-order valence-corrected chi connectivity index (χ2v) is 7.29. The summed E-state index contributed by atoms with van der Waals surface area (Å²) >= 11 is 3.14. The molecule has 0 saturated heterocycles. The predicted molar refractivity (Wildman–Crippen MR) is 88.3 cm³/mol. The van der Waals surface area contributed by atoms with Gasteiger partial charge in [-0.25, -0.2) is 13.2 Å². The van der Waals surface area contributed by atoms with Crippen LogP contribution in [0.4, 0.5) is 0 Å². The number of carboxylic acids is 1. The Labute approximate surface area is 141 Å². The maximum absolute atomic E-state index is 11.1. The Kier molecular flexibility index (Phi) is 4.96. The van der Waals surface area contributed by atoms with Crippen LogP contribution in [-0.4, -0.2) is 31.2 Å². The Hall–Kier alpha value is -2.06. The van der Waals surface area contributed by atoms with Crippen molar-refractivity contribution in [1.82, 2.24) is 0 Å². The minimum absolute atomic E-state index is 0.147. The Bertz CT molecular complexity index is 849. The lowest BCUT2D eigenvalue weighted by Gasteiger charge is -2.04. The molecule has 0 unspecified atom stereocenters. The van der Waals surface area contributed by atoms with Crippen molar-refractivity contribution in [2.45, 2.75) is 6.92 Å². The van der Waals surface area contributed by atoms with Crippen molar-refractivity contribution in [2.75, 3.05) is 6.61 Å². The molecule has 23 heavy (non-hydrogen) atoms. The van der Waals surface area contributed by atoms with Crippen LogP contribution in [0.3, 0.4) is 0 Å². The Morgan fingerprint density at radius 3 is 2.39 bits per heavy atom. The quantitative estimate of drug-likeness (QED) is 0.808. The summed E-state index contributed by atoms with van der Waals surface area (Å²) in [6, 6.07) is 4.11. The number of hydrogen-bond acceptors (Lipinski definition) is 5. The van der Waals surface area contributed by atoms with E-state index in [0.717, 1.165) is 0 Å². The molecule has 2 heterocycles. The van der Waals surface area contributed by atoms with Crippen molar-refractivity contribution < 1.29 is 28.2 Å². The molecule has 8 heteroatoms. The summed E-state index contributed by atoms with van der Waals surface area (Å²) in [5, 5.41) is 17.8. The molecule has 1 aromatic carbocycles. The van der Waals surface area contributed by atoms with Gasteiger partial charge in [0.2, 0.25) is 9.84 Å². The van der Waals surface area contributed by atoms with Crippen LogP contribution in [0.25, 0.3) is 0 Å². The number of phenols is 1. The fourth-order valence-corrected chi connectivity index (χ4v) is 4.44. The van der Waals surface area contributed by atoms with Gasteiger partial charge in [0.15, 0.2) is 0 Å². The first-order valence-corrected chi connectivity index (χ1v) is 8.78. The number of sulfone groups is 1. The van der Waals surface area contributed by atoms with Gasteiger partial charge in [-0.15, -0.1) is 0 Å². The van der Waals surface area contributed by atoms with Crippen LogP contribution in [0, 0.1) is 0 Å². The molecular weight excluding hydrogens is 388 g/mol. The second-order valence-electron chi connectivity index (χ2n) is 4.51. The normalized spacial score (nSPS) is 16.7. The number of rotatable bonds is 3. The van der Waals surface area contributed by atoms with Gasteiger partial charge in [-0.2, -0.15) is 0 Å². The van der Waals surface area contributed by atoms with Crippen molar-refractivity contribution in [1.29, 1.82) is 0 Å². The summed E-state index contributed by atoms with van der Waals surface area (Å²) < 4.78 is 28.0. The van der Waals surface area contributed by atoms with Crippen LogP contribution in [0.1, 0.15) is 17.3 Å². The summed E-state index contributed by atoms with van der Waals surface area (Å²) in [7, 11) is -3.06. The number of ether oxygens (including phenoxy) is 1. The van der Waals surface area contributed by atoms with Crippen molar-refractivity contribution in [2.24, 2.45) is 0 Å². The molecule has 0 saturated carbocycles. The number of aromatic carboxylic acids is 1. The first-order chi connectivity index (χ1) is 10.8. The molecule has 2 aliphatic heterocycles. The largest absolute Gasteiger partial charge is 0.507 e. The molecule has 0 radical (unpaired) electrons. The molecule has 2 aliphatic rings. The molecule has 0 atom stereocenters. The van der Waals surface area contributed by atoms with Gasteiger partial charge in [-0.05, 0) is 59.3 Å². The minimum Gasteiger partial charge on any atom is -0.507 e. The van der Waals surface area contributed by atoms with Gasteiger partial charge in [0, 0.05) is 4.48 Å². The monoisotopic (exact) mass is 400 g/mol. The number of carbonyl (C=O) groups is 1.